The van der Waals surface area contributed by atoms with Gasteiger partial charge in [-0.3, -0.25) is 0 Å². The topological polar surface area (TPSA) is 12.4 Å². The van der Waals surface area contributed by atoms with Crippen LogP contribution >= 0.6 is 12.2 Å². The summed E-state index contributed by atoms with van der Waals surface area (Å²) in [7, 11) is 0. The lowest BCUT2D eigenvalue weighted by Gasteiger charge is -2.04. The van der Waals surface area contributed by atoms with Crippen LogP contribution in [0.25, 0.3) is 0 Å². The molecule has 1 aromatic carbocycles. The largest absolute Gasteiger partial charge is 0.224 e. The first-order valence-corrected chi connectivity index (χ1v) is 3.98. The molecule has 0 amide bonds. The molecule has 0 aliphatic rings. The number of benzene rings is 1. The van der Waals surface area contributed by atoms with E-state index in [0.717, 1.165) is 0 Å². The fourth-order valence-electron chi connectivity index (χ4n) is 0.963. The summed E-state index contributed by atoms with van der Waals surface area (Å²) in [6.45, 7) is 1.78. The van der Waals surface area contributed by atoms with Gasteiger partial charge in [-0.05, 0) is 25.2 Å². The number of rotatable bonds is 2. The molecule has 1 nitrogen and oxygen atoms in total. The van der Waals surface area contributed by atoms with Gasteiger partial charge in [-0.25, -0.2) is 9.38 Å². The molecule has 0 aliphatic carbocycles. The Bertz CT molecular complexity index is 318. The average Bonchev–Trinajstić information content (AvgIpc) is 2.05. The zero-order valence-corrected chi connectivity index (χ0v) is 7.44. The van der Waals surface area contributed by atoms with E-state index >= 15 is 0 Å². The molecule has 12 heavy (non-hydrogen) atoms. The van der Waals surface area contributed by atoms with Gasteiger partial charge in [0.1, 0.15) is 5.82 Å². The number of nitrogens with zero attached hydrogens (tertiary/aromatic N) is 1. The molecule has 1 atom stereocenters. The van der Waals surface area contributed by atoms with Crippen molar-refractivity contribution >= 4 is 17.4 Å². The third-order valence-corrected chi connectivity index (χ3v) is 1.71. The van der Waals surface area contributed by atoms with E-state index in [-0.39, 0.29) is 11.9 Å². The van der Waals surface area contributed by atoms with Crippen LogP contribution in [-0.2, 0) is 0 Å². The summed E-state index contributed by atoms with van der Waals surface area (Å²) in [5.74, 6) is -0.251. The Morgan fingerprint density at radius 1 is 1.50 bits per heavy atom. The van der Waals surface area contributed by atoms with Crippen molar-refractivity contribution in [2.45, 2.75) is 13.0 Å². The fraction of sp³-hybridized carbons (Fsp3) is 0.222. The van der Waals surface area contributed by atoms with Gasteiger partial charge in [-0.15, -0.1) is 0 Å². The molecule has 0 heterocycles. The SMILES string of the molecule is CC(N=C=S)c1ccccc1F. The van der Waals surface area contributed by atoms with Gasteiger partial charge in [0.25, 0.3) is 0 Å². The Kier molecular flexibility index (Phi) is 3.09. The third-order valence-electron chi connectivity index (χ3n) is 1.60. The Balaban J connectivity index is 3.02. The highest BCUT2D eigenvalue weighted by atomic mass is 32.1. The molecule has 0 fully saturated rings. The number of aliphatic imine (C=N–C) groups is 1. The zero-order valence-electron chi connectivity index (χ0n) is 6.62. The van der Waals surface area contributed by atoms with Crippen LogP contribution in [0.3, 0.4) is 0 Å². The number of hydrogen-bond acceptors (Lipinski definition) is 2. The van der Waals surface area contributed by atoms with Crippen LogP contribution in [-0.4, -0.2) is 5.16 Å². The van der Waals surface area contributed by atoms with Crippen molar-refractivity contribution in [3.63, 3.8) is 0 Å². The van der Waals surface area contributed by atoms with E-state index in [4.69, 9.17) is 0 Å². The van der Waals surface area contributed by atoms with Gasteiger partial charge in [-0.1, -0.05) is 18.2 Å². The van der Waals surface area contributed by atoms with Gasteiger partial charge >= 0.3 is 0 Å². The molecule has 0 spiro atoms. The first kappa shape index (κ1) is 9.04. The van der Waals surface area contributed by atoms with Crippen LogP contribution in [0, 0.1) is 5.82 Å². The summed E-state index contributed by atoms with van der Waals surface area (Å²) in [4.78, 5) is 3.78. The summed E-state index contributed by atoms with van der Waals surface area (Å²) in [6.07, 6.45) is 0. The molecule has 62 valence electrons. The maximum absolute atomic E-state index is 13.0. The minimum absolute atomic E-state index is 0.247. The Morgan fingerprint density at radius 2 is 2.17 bits per heavy atom. The van der Waals surface area contributed by atoms with E-state index in [2.05, 4.69) is 22.4 Å². The van der Waals surface area contributed by atoms with E-state index in [1.807, 2.05) is 0 Å². The minimum Gasteiger partial charge on any atom is -0.224 e. The molecule has 0 N–H and O–H groups in total. The maximum Gasteiger partial charge on any atom is 0.128 e. The predicted molar refractivity (Wildman–Crippen MR) is 49.8 cm³/mol. The van der Waals surface area contributed by atoms with E-state index < -0.39 is 0 Å². The van der Waals surface area contributed by atoms with Crippen LogP contribution in [0.15, 0.2) is 29.3 Å². The second kappa shape index (κ2) is 4.10. The van der Waals surface area contributed by atoms with Crippen molar-refractivity contribution in [1.82, 2.24) is 0 Å². The van der Waals surface area contributed by atoms with Crippen molar-refractivity contribution in [3.8, 4) is 0 Å². The highest BCUT2D eigenvalue weighted by Crippen LogP contribution is 2.18. The molecule has 0 saturated heterocycles. The van der Waals surface area contributed by atoms with Gasteiger partial charge in [0.15, 0.2) is 0 Å². The number of halogens is 1. The van der Waals surface area contributed by atoms with Crippen LogP contribution in [0.4, 0.5) is 4.39 Å². The number of isothiocyanates is 1. The van der Waals surface area contributed by atoms with Crippen molar-refractivity contribution in [3.05, 3.63) is 35.6 Å². The number of hydrogen-bond donors (Lipinski definition) is 0. The summed E-state index contributed by atoms with van der Waals surface area (Å²) < 4.78 is 13.0. The molecular weight excluding hydrogens is 173 g/mol. The Hall–Kier alpha value is -1.05. The zero-order chi connectivity index (χ0) is 8.97. The van der Waals surface area contributed by atoms with Crippen LogP contribution < -0.4 is 0 Å². The van der Waals surface area contributed by atoms with Gasteiger partial charge in [0.2, 0.25) is 0 Å². The summed E-state index contributed by atoms with van der Waals surface area (Å²) in [5, 5.41) is 2.23. The first-order valence-electron chi connectivity index (χ1n) is 3.57. The van der Waals surface area contributed by atoms with Crippen molar-refractivity contribution in [1.29, 1.82) is 0 Å². The smallest absolute Gasteiger partial charge is 0.128 e. The lowest BCUT2D eigenvalue weighted by molar-refractivity contribution is 0.595. The molecule has 3 heteroatoms. The average molecular weight is 181 g/mol. The van der Waals surface area contributed by atoms with E-state index in [1.165, 1.54) is 6.07 Å². The second-order valence-electron chi connectivity index (χ2n) is 2.42. The summed E-state index contributed by atoms with van der Waals surface area (Å²) >= 11 is 4.43. The first-order chi connectivity index (χ1) is 5.75. The normalized spacial score (nSPS) is 11.8. The van der Waals surface area contributed by atoms with Gasteiger partial charge < -0.3 is 0 Å². The van der Waals surface area contributed by atoms with Crippen LogP contribution in [0.2, 0.25) is 0 Å². The highest BCUT2D eigenvalue weighted by molar-refractivity contribution is 7.78. The van der Waals surface area contributed by atoms with Gasteiger partial charge in [0.05, 0.1) is 11.2 Å². The summed E-state index contributed by atoms with van der Waals surface area (Å²) in [6, 6.07) is 6.27. The van der Waals surface area contributed by atoms with E-state index in [1.54, 1.807) is 25.1 Å². The minimum atomic E-state index is -0.251. The van der Waals surface area contributed by atoms with Gasteiger partial charge in [0, 0.05) is 5.56 Å². The van der Waals surface area contributed by atoms with E-state index in [9.17, 15) is 4.39 Å². The van der Waals surface area contributed by atoms with Crippen molar-refractivity contribution < 1.29 is 4.39 Å². The van der Waals surface area contributed by atoms with Crippen LogP contribution in [0.1, 0.15) is 18.5 Å². The predicted octanol–water partition coefficient (Wildman–Crippen LogP) is 2.99. The highest BCUT2D eigenvalue weighted by Gasteiger charge is 2.06. The van der Waals surface area contributed by atoms with Crippen molar-refractivity contribution in [2.75, 3.05) is 0 Å². The quantitative estimate of drug-likeness (QED) is 0.504. The monoisotopic (exact) mass is 181 g/mol. The van der Waals surface area contributed by atoms with E-state index in [0.29, 0.717) is 5.56 Å². The second-order valence-corrected chi connectivity index (χ2v) is 2.60. The standard InChI is InChI=1S/C9H8FNS/c1-7(11-6-12)8-4-2-3-5-9(8)10/h2-5,7H,1H3. The fourth-order valence-corrected chi connectivity index (χ4v) is 1.12. The molecule has 0 saturated carbocycles. The lowest BCUT2D eigenvalue weighted by atomic mass is 10.1. The van der Waals surface area contributed by atoms with Crippen LogP contribution in [0.5, 0.6) is 0 Å². The molecule has 0 bridgehead atoms. The lowest BCUT2D eigenvalue weighted by Crippen LogP contribution is -1.92. The molecule has 0 radical (unpaired) electrons. The summed E-state index contributed by atoms with van der Waals surface area (Å²) in [5.41, 5.74) is 0.551. The Labute approximate surface area is 75.9 Å². The Morgan fingerprint density at radius 3 is 2.75 bits per heavy atom. The molecule has 1 aromatic rings. The van der Waals surface area contributed by atoms with Gasteiger partial charge in [-0.2, -0.15) is 0 Å². The number of thiocarbonyl (C=S) groups is 1. The third kappa shape index (κ3) is 1.97. The molecule has 0 aromatic heterocycles. The molecule has 1 rings (SSSR count). The van der Waals surface area contributed by atoms with Crippen molar-refractivity contribution in [2.24, 2.45) is 4.99 Å². The maximum atomic E-state index is 13.0. The molecule has 0 aliphatic heterocycles. The molecule has 1 unspecified atom stereocenters. The molecular formula is C9H8FNS.